The monoisotopic (exact) mass is 700 g/mol. The van der Waals surface area contributed by atoms with Crippen LogP contribution in [0.1, 0.15) is 5.56 Å². The first kappa shape index (κ1) is 30.2. The van der Waals surface area contributed by atoms with Gasteiger partial charge in [-0.2, -0.15) is 5.26 Å². The van der Waals surface area contributed by atoms with E-state index in [4.69, 9.17) is 24.9 Å². The molecule has 10 aromatic rings. The molecule has 0 aliphatic rings. The third-order valence-electron chi connectivity index (χ3n) is 9.21. The third-order valence-corrected chi connectivity index (χ3v) is 11.5. The second-order valence-corrected chi connectivity index (χ2v) is 14.5. The predicted molar refractivity (Wildman–Crippen MR) is 213 cm³/mol. The highest BCUT2D eigenvalue weighted by atomic mass is 32.1. The molecule has 0 aliphatic heterocycles. The summed E-state index contributed by atoms with van der Waals surface area (Å²) in [4.78, 5) is 25.0. The van der Waals surface area contributed by atoms with Crippen molar-refractivity contribution < 1.29 is 0 Å². The average molecular weight is 701 g/mol. The molecule has 0 saturated heterocycles. The Morgan fingerprint density at radius 1 is 0.423 bits per heavy atom. The Kier molecular flexibility index (Phi) is 7.13. The van der Waals surface area contributed by atoms with Crippen LogP contribution in [0.15, 0.2) is 146 Å². The van der Waals surface area contributed by atoms with Gasteiger partial charge in [0.05, 0.1) is 27.5 Å². The summed E-state index contributed by atoms with van der Waals surface area (Å²) in [7, 11) is 0. The van der Waals surface area contributed by atoms with E-state index in [1.165, 1.54) is 4.70 Å². The van der Waals surface area contributed by atoms with Crippen LogP contribution < -0.4 is 0 Å². The summed E-state index contributed by atoms with van der Waals surface area (Å²) in [6.45, 7) is 0. The van der Waals surface area contributed by atoms with Gasteiger partial charge in [-0.05, 0) is 36.4 Å². The number of nitrogens with zero attached hydrogens (tertiary/aromatic N) is 6. The highest BCUT2D eigenvalue weighted by molar-refractivity contribution is 7.26. The number of rotatable bonds is 5. The van der Waals surface area contributed by atoms with Crippen molar-refractivity contribution >= 4 is 63.1 Å². The van der Waals surface area contributed by atoms with Gasteiger partial charge in [-0.1, -0.05) is 109 Å². The molecule has 0 radical (unpaired) electrons. The van der Waals surface area contributed by atoms with Crippen LogP contribution >= 0.6 is 22.7 Å². The van der Waals surface area contributed by atoms with Gasteiger partial charge in [0.25, 0.3) is 0 Å². The largest absolute Gasteiger partial charge is 0.226 e. The van der Waals surface area contributed by atoms with Crippen molar-refractivity contribution in [3.63, 3.8) is 0 Å². The lowest BCUT2D eigenvalue weighted by atomic mass is 10.0. The van der Waals surface area contributed by atoms with Crippen LogP contribution in [0.5, 0.6) is 0 Å². The molecule has 10 rings (SSSR count). The fraction of sp³-hybridized carbons (Fsp3) is 0. The van der Waals surface area contributed by atoms with Crippen LogP contribution in [-0.2, 0) is 0 Å². The van der Waals surface area contributed by atoms with Crippen LogP contribution in [0.4, 0.5) is 0 Å². The SMILES string of the molecule is N#Cc1ccccc1-c1nc(-c2ccc3sc4cc(-c5nc(-c6ccccc6)nc(-c6ccccc6)n5)ccc4c3c2)c2sc3ccccc3c2n1. The lowest BCUT2D eigenvalue weighted by Gasteiger charge is -2.09. The highest BCUT2D eigenvalue weighted by Crippen LogP contribution is 2.43. The first-order chi connectivity index (χ1) is 25.7. The number of nitriles is 1. The van der Waals surface area contributed by atoms with E-state index >= 15 is 0 Å². The molecule has 0 fully saturated rings. The van der Waals surface area contributed by atoms with Crippen molar-refractivity contribution in [3.05, 3.63) is 151 Å². The molecule has 0 atom stereocenters. The molecule has 52 heavy (non-hydrogen) atoms. The quantitative estimate of drug-likeness (QED) is 0.178. The van der Waals surface area contributed by atoms with E-state index in [1.54, 1.807) is 22.7 Å². The summed E-state index contributed by atoms with van der Waals surface area (Å²) >= 11 is 3.45. The molecule has 0 unspecified atom stereocenters. The van der Waals surface area contributed by atoms with Crippen molar-refractivity contribution in [2.75, 3.05) is 0 Å². The average Bonchev–Trinajstić information content (AvgIpc) is 3.78. The van der Waals surface area contributed by atoms with E-state index in [1.807, 2.05) is 91.0 Å². The summed E-state index contributed by atoms with van der Waals surface area (Å²) in [6.07, 6.45) is 0. The number of fused-ring (bicyclic) bond motifs is 6. The summed E-state index contributed by atoms with van der Waals surface area (Å²) in [6, 6.07) is 51.3. The van der Waals surface area contributed by atoms with Crippen molar-refractivity contribution in [3.8, 4) is 62.9 Å². The van der Waals surface area contributed by atoms with Crippen LogP contribution in [0, 0.1) is 11.3 Å². The van der Waals surface area contributed by atoms with Crippen molar-refractivity contribution in [1.82, 2.24) is 24.9 Å². The van der Waals surface area contributed by atoms with E-state index in [2.05, 4.69) is 60.7 Å². The molecule has 242 valence electrons. The fourth-order valence-electron chi connectivity index (χ4n) is 6.68. The van der Waals surface area contributed by atoms with Crippen LogP contribution in [0.2, 0.25) is 0 Å². The highest BCUT2D eigenvalue weighted by Gasteiger charge is 2.19. The molecule has 6 aromatic carbocycles. The standard InChI is InChI=1S/C44H24N6S2/c45-25-30-15-7-8-16-31(30)44-46-38(40-39(47-44)33-17-9-10-18-35(33)52-40)28-20-22-36-34(23-28)32-21-19-29(24-37(32)51-36)43-49-41(26-11-3-1-4-12-26)48-42(50-43)27-13-5-2-6-14-27/h1-24H. The number of thiophene rings is 2. The van der Waals surface area contributed by atoms with E-state index in [-0.39, 0.29) is 0 Å². The first-order valence-corrected chi connectivity index (χ1v) is 18.4. The molecule has 0 aliphatic carbocycles. The van der Waals surface area contributed by atoms with Crippen molar-refractivity contribution in [2.45, 2.75) is 0 Å². The van der Waals surface area contributed by atoms with Gasteiger partial charge in [-0.15, -0.1) is 22.7 Å². The van der Waals surface area contributed by atoms with Gasteiger partial charge in [0.1, 0.15) is 0 Å². The Labute approximate surface area is 306 Å². The van der Waals surface area contributed by atoms with Crippen LogP contribution in [0.3, 0.4) is 0 Å². The minimum Gasteiger partial charge on any atom is -0.226 e. The Morgan fingerprint density at radius 2 is 1.06 bits per heavy atom. The minimum atomic E-state index is 0.546. The van der Waals surface area contributed by atoms with Gasteiger partial charge >= 0.3 is 0 Å². The predicted octanol–water partition coefficient (Wildman–Crippen LogP) is 11.6. The summed E-state index contributed by atoms with van der Waals surface area (Å²) < 4.78 is 4.50. The minimum absolute atomic E-state index is 0.546. The number of aromatic nitrogens is 5. The lowest BCUT2D eigenvalue weighted by molar-refractivity contribution is 1.07. The van der Waals surface area contributed by atoms with E-state index in [0.717, 1.165) is 69.3 Å². The van der Waals surface area contributed by atoms with Gasteiger partial charge in [0, 0.05) is 58.1 Å². The fourth-order valence-corrected chi connectivity index (χ4v) is 8.96. The van der Waals surface area contributed by atoms with Gasteiger partial charge in [0.15, 0.2) is 23.3 Å². The van der Waals surface area contributed by atoms with Gasteiger partial charge in [-0.25, -0.2) is 24.9 Å². The first-order valence-electron chi connectivity index (χ1n) is 16.7. The molecule has 0 bridgehead atoms. The van der Waals surface area contributed by atoms with E-state index < -0.39 is 0 Å². The third kappa shape index (κ3) is 5.11. The Morgan fingerprint density at radius 3 is 1.81 bits per heavy atom. The van der Waals surface area contributed by atoms with Crippen molar-refractivity contribution in [2.24, 2.45) is 0 Å². The number of hydrogen-bond donors (Lipinski definition) is 0. The maximum absolute atomic E-state index is 9.92. The maximum Gasteiger partial charge on any atom is 0.164 e. The molecule has 0 N–H and O–H groups in total. The summed E-state index contributed by atoms with van der Waals surface area (Å²) in [5.41, 5.74) is 6.85. The molecule has 4 heterocycles. The molecule has 0 saturated carbocycles. The van der Waals surface area contributed by atoms with Crippen LogP contribution in [-0.4, -0.2) is 24.9 Å². The second kappa shape index (κ2) is 12.3. The topological polar surface area (TPSA) is 88.2 Å². The Bertz CT molecular complexity index is 2980. The molecule has 6 nitrogen and oxygen atoms in total. The number of hydrogen-bond acceptors (Lipinski definition) is 8. The molecule has 0 spiro atoms. The lowest BCUT2D eigenvalue weighted by Crippen LogP contribution is -1.99. The summed E-state index contributed by atoms with van der Waals surface area (Å²) in [5.74, 6) is 2.45. The van der Waals surface area contributed by atoms with Gasteiger partial charge < -0.3 is 0 Å². The molecular formula is C44H24N6S2. The zero-order valence-corrected chi connectivity index (χ0v) is 29.0. The molecule has 0 amide bonds. The second-order valence-electron chi connectivity index (χ2n) is 12.4. The van der Waals surface area contributed by atoms with Crippen LogP contribution in [0.25, 0.3) is 97.3 Å². The Balaban J connectivity index is 1.13. The zero-order valence-electron chi connectivity index (χ0n) is 27.4. The maximum atomic E-state index is 9.92. The smallest absolute Gasteiger partial charge is 0.164 e. The molecule has 8 heteroatoms. The van der Waals surface area contributed by atoms with E-state index in [0.29, 0.717) is 28.9 Å². The normalized spacial score (nSPS) is 11.4. The van der Waals surface area contributed by atoms with Crippen molar-refractivity contribution in [1.29, 1.82) is 5.26 Å². The van der Waals surface area contributed by atoms with Gasteiger partial charge in [-0.3, -0.25) is 0 Å². The summed E-state index contributed by atoms with van der Waals surface area (Å²) in [5, 5.41) is 13.3. The van der Waals surface area contributed by atoms with E-state index in [9.17, 15) is 5.26 Å². The molecular weight excluding hydrogens is 677 g/mol. The number of benzene rings is 6. The molecule has 4 aromatic heterocycles. The Hall–Kier alpha value is -6.66. The zero-order chi connectivity index (χ0) is 34.6. The van der Waals surface area contributed by atoms with Gasteiger partial charge in [0.2, 0.25) is 0 Å².